The quantitative estimate of drug-likeness (QED) is 0.722. The van der Waals surface area contributed by atoms with E-state index in [1.165, 1.54) is 0 Å². The molecule has 1 aromatic carbocycles. The number of halogens is 1. The van der Waals surface area contributed by atoms with Crippen LogP contribution >= 0.6 is 11.6 Å². The summed E-state index contributed by atoms with van der Waals surface area (Å²) in [5, 5.41) is 0. The van der Waals surface area contributed by atoms with E-state index in [0.29, 0.717) is 24.7 Å². The molecule has 0 bridgehead atoms. The molecule has 0 aliphatic heterocycles. The summed E-state index contributed by atoms with van der Waals surface area (Å²) in [6, 6.07) is 11.1. The van der Waals surface area contributed by atoms with Crippen molar-refractivity contribution in [2.45, 2.75) is 25.8 Å². The number of ether oxygens (including phenoxy) is 1. The Kier molecular flexibility index (Phi) is 5.90. The van der Waals surface area contributed by atoms with Gasteiger partial charge >= 0.3 is 0 Å². The van der Waals surface area contributed by atoms with Crippen LogP contribution in [0.2, 0.25) is 0 Å². The molecule has 0 radical (unpaired) electrons. The number of rotatable bonds is 7. The number of nitrogens with zero attached hydrogens (tertiary/aromatic N) is 1. The van der Waals surface area contributed by atoms with Gasteiger partial charge in [-0.15, -0.1) is 11.6 Å². The highest BCUT2D eigenvalue weighted by Gasteiger charge is 2.16. The monoisotopic (exact) mass is 321 g/mol. The van der Waals surface area contributed by atoms with Gasteiger partial charge in [0.15, 0.2) is 5.76 Å². The number of hydrogen-bond acceptors (Lipinski definition) is 3. The zero-order valence-electron chi connectivity index (χ0n) is 12.8. The van der Waals surface area contributed by atoms with E-state index in [-0.39, 0.29) is 11.8 Å². The summed E-state index contributed by atoms with van der Waals surface area (Å²) in [6.07, 6.45) is 0.979. The van der Waals surface area contributed by atoms with Gasteiger partial charge in [-0.2, -0.15) is 0 Å². The topological polar surface area (TPSA) is 42.7 Å². The van der Waals surface area contributed by atoms with Gasteiger partial charge in [0.25, 0.3) is 5.91 Å². The Bertz CT molecular complexity index is 607. The number of furan rings is 1. The molecule has 22 heavy (non-hydrogen) atoms. The highest BCUT2D eigenvalue weighted by atomic mass is 35.5. The Balaban J connectivity index is 1.95. The number of carbonyl (C=O) groups excluding carboxylic acids is 1. The average molecular weight is 322 g/mol. The minimum Gasteiger partial charge on any atom is -0.494 e. The molecule has 0 N–H and O–H groups in total. The third-order valence-electron chi connectivity index (χ3n) is 3.17. The Morgan fingerprint density at radius 3 is 2.55 bits per heavy atom. The molecule has 0 aliphatic carbocycles. The van der Waals surface area contributed by atoms with Crippen molar-refractivity contribution in [3.05, 3.63) is 53.5 Å². The van der Waals surface area contributed by atoms with Crippen LogP contribution in [0.4, 0.5) is 0 Å². The zero-order chi connectivity index (χ0) is 15.9. The molecule has 4 nitrogen and oxygen atoms in total. The van der Waals surface area contributed by atoms with Crippen LogP contribution in [-0.4, -0.2) is 24.5 Å². The molecule has 118 valence electrons. The van der Waals surface area contributed by atoms with Crippen LogP contribution < -0.4 is 4.74 Å². The van der Waals surface area contributed by atoms with Gasteiger partial charge in [0.2, 0.25) is 0 Å². The molecular formula is C17H20ClNO3. The second-order valence-corrected chi connectivity index (χ2v) is 5.32. The lowest BCUT2D eigenvalue weighted by Crippen LogP contribution is -2.25. The summed E-state index contributed by atoms with van der Waals surface area (Å²) in [4.78, 5) is 13.9. The summed E-state index contributed by atoms with van der Waals surface area (Å²) in [5.41, 5.74) is 1.03. The van der Waals surface area contributed by atoms with Gasteiger partial charge in [-0.05, 0) is 36.2 Å². The van der Waals surface area contributed by atoms with E-state index in [1.54, 1.807) is 24.1 Å². The second-order valence-electron chi connectivity index (χ2n) is 5.05. The molecular weight excluding hydrogens is 302 g/mol. The number of carbonyl (C=O) groups is 1. The summed E-state index contributed by atoms with van der Waals surface area (Å²) in [6.45, 7) is 3.28. The smallest absolute Gasteiger partial charge is 0.289 e. The molecule has 1 amide bonds. The largest absolute Gasteiger partial charge is 0.494 e. The van der Waals surface area contributed by atoms with Gasteiger partial charge in [0, 0.05) is 13.6 Å². The predicted molar refractivity (Wildman–Crippen MR) is 86.3 cm³/mol. The van der Waals surface area contributed by atoms with Gasteiger partial charge in [-0.25, -0.2) is 0 Å². The molecule has 2 aromatic rings. The molecule has 0 saturated heterocycles. The van der Waals surface area contributed by atoms with Crippen molar-refractivity contribution in [3.8, 4) is 5.75 Å². The van der Waals surface area contributed by atoms with Crippen LogP contribution in [0.3, 0.4) is 0 Å². The van der Waals surface area contributed by atoms with Crippen LogP contribution in [0.1, 0.15) is 35.2 Å². The van der Waals surface area contributed by atoms with Gasteiger partial charge < -0.3 is 14.1 Å². The van der Waals surface area contributed by atoms with Crippen molar-refractivity contribution < 1.29 is 13.9 Å². The van der Waals surface area contributed by atoms with Gasteiger partial charge in [0.1, 0.15) is 11.5 Å². The Morgan fingerprint density at radius 2 is 1.95 bits per heavy atom. The van der Waals surface area contributed by atoms with E-state index in [4.69, 9.17) is 20.8 Å². The van der Waals surface area contributed by atoms with Crippen LogP contribution in [0.25, 0.3) is 0 Å². The highest BCUT2D eigenvalue weighted by molar-refractivity contribution is 6.16. The van der Waals surface area contributed by atoms with Gasteiger partial charge in [-0.1, -0.05) is 19.1 Å². The first-order chi connectivity index (χ1) is 10.6. The lowest BCUT2D eigenvalue weighted by atomic mass is 10.2. The molecule has 0 spiro atoms. The first kappa shape index (κ1) is 16.4. The Labute approximate surface area is 135 Å². The second kappa shape index (κ2) is 7.90. The minimum atomic E-state index is -0.164. The van der Waals surface area contributed by atoms with Crippen molar-refractivity contribution in [1.82, 2.24) is 4.90 Å². The number of amides is 1. The lowest BCUT2D eigenvalue weighted by Gasteiger charge is -2.16. The van der Waals surface area contributed by atoms with Crippen LogP contribution in [-0.2, 0) is 12.4 Å². The van der Waals surface area contributed by atoms with Crippen molar-refractivity contribution in [2.24, 2.45) is 0 Å². The molecule has 0 fully saturated rings. The first-order valence-corrected chi connectivity index (χ1v) is 7.79. The van der Waals surface area contributed by atoms with E-state index in [2.05, 4.69) is 6.92 Å². The number of hydrogen-bond donors (Lipinski definition) is 0. The zero-order valence-corrected chi connectivity index (χ0v) is 13.6. The van der Waals surface area contributed by atoms with E-state index in [9.17, 15) is 4.79 Å². The molecule has 2 rings (SSSR count). The standard InChI is InChI=1S/C17H20ClNO3/c1-3-10-21-14-6-4-13(5-7-14)12-19(2)17(20)16-9-8-15(11-18)22-16/h4-9H,3,10-12H2,1-2H3. The highest BCUT2D eigenvalue weighted by Crippen LogP contribution is 2.16. The van der Waals surface area contributed by atoms with Crippen LogP contribution in [0, 0.1) is 0 Å². The lowest BCUT2D eigenvalue weighted by molar-refractivity contribution is 0.0752. The fourth-order valence-corrected chi connectivity index (χ4v) is 2.15. The van der Waals surface area contributed by atoms with E-state index in [0.717, 1.165) is 17.7 Å². The fraction of sp³-hybridized carbons (Fsp3) is 0.353. The summed E-state index contributed by atoms with van der Waals surface area (Å²) in [7, 11) is 1.74. The Hall–Kier alpha value is -1.94. The molecule has 1 aromatic heterocycles. The fourth-order valence-electron chi connectivity index (χ4n) is 2.01. The number of benzene rings is 1. The van der Waals surface area contributed by atoms with Crippen LogP contribution in [0.15, 0.2) is 40.8 Å². The molecule has 0 saturated carbocycles. The summed E-state index contributed by atoms with van der Waals surface area (Å²) in [5.74, 6) is 1.84. The predicted octanol–water partition coefficient (Wildman–Crippen LogP) is 4.08. The van der Waals surface area contributed by atoms with Gasteiger partial charge in [-0.3, -0.25) is 4.79 Å². The van der Waals surface area contributed by atoms with Crippen LogP contribution in [0.5, 0.6) is 5.75 Å². The molecule has 1 heterocycles. The first-order valence-electron chi connectivity index (χ1n) is 7.26. The molecule has 0 aliphatic rings. The van der Waals surface area contributed by atoms with E-state index in [1.807, 2.05) is 24.3 Å². The normalized spacial score (nSPS) is 10.5. The number of alkyl halides is 1. The molecule has 0 unspecified atom stereocenters. The third kappa shape index (κ3) is 4.28. The maximum absolute atomic E-state index is 12.3. The van der Waals surface area contributed by atoms with Gasteiger partial charge in [0.05, 0.1) is 12.5 Å². The molecule has 5 heteroatoms. The van der Waals surface area contributed by atoms with E-state index >= 15 is 0 Å². The van der Waals surface area contributed by atoms with Crippen molar-refractivity contribution in [2.75, 3.05) is 13.7 Å². The van der Waals surface area contributed by atoms with Crippen molar-refractivity contribution in [3.63, 3.8) is 0 Å². The third-order valence-corrected chi connectivity index (χ3v) is 3.43. The Morgan fingerprint density at radius 1 is 1.23 bits per heavy atom. The molecule has 0 atom stereocenters. The minimum absolute atomic E-state index is 0.164. The van der Waals surface area contributed by atoms with Crippen molar-refractivity contribution >= 4 is 17.5 Å². The SMILES string of the molecule is CCCOc1ccc(CN(C)C(=O)c2ccc(CCl)o2)cc1. The summed E-state index contributed by atoms with van der Waals surface area (Å²) < 4.78 is 10.9. The summed E-state index contributed by atoms with van der Waals surface area (Å²) >= 11 is 5.67. The average Bonchev–Trinajstić information content (AvgIpc) is 3.02. The van der Waals surface area contributed by atoms with Crippen molar-refractivity contribution in [1.29, 1.82) is 0 Å². The maximum atomic E-state index is 12.3. The van der Waals surface area contributed by atoms with E-state index < -0.39 is 0 Å². The maximum Gasteiger partial charge on any atom is 0.289 e.